The van der Waals surface area contributed by atoms with Crippen molar-refractivity contribution in [2.24, 2.45) is 5.73 Å². The van der Waals surface area contributed by atoms with Gasteiger partial charge in [0.25, 0.3) is 5.91 Å². The molecule has 20 heteroatoms. The fourth-order valence-corrected chi connectivity index (χ4v) is 10.3. The summed E-state index contributed by atoms with van der Waals surface area (Å²) in [5.41, 5.74) is 10.6. The summed E-state index contributed by atoms with van der Waals surface area (Å²) >= 11 is 0. The van der Waals surface area contributed by atoms with Gasteiger partial charge in [0.1, 0.15) is 47.8 Å². The molecule has 4 aromatic carbocycles. The molecule has 0 bridgehead atoms. The topological polar surface area (TPSA) is 302 Å². The predicted molar refractivity (Wildman–Crippen MR) is 295 cm³/mol. The summed E-state index contributed by atoms with van der Waals surface area (Å²) < 4.78 is 5.87. The Morgan fingerprint density at radius 1 is 0.684 bits per heavy atom. The summed E-state index contributed by atoms with van der Waals surface area (Å²) in [4.78, 5) is 102. The number of carbonyl (C=O) groups excluding carboxylic acids is 7. The maximum Gasteiger partial charge on any atom is 0.251 e. The number of phenolic OH excluding ortho intramolecular Hbond substituents is 1. The Labute approximate surface area is 460 Å². The lowest BCUT2D eigenvalue weighted by Gasteiger charge is -2.32. The van der Waals surface area contributed by atoms with Gasteiger partial charge >= 0.3 is 0 Å². The zero-order chi connectivity index (χ0) is 56.6. The molecule has 0 spiro atoms. The number of nitrogens with one attached hydrogen (secondary N) is 5. The highest BCUT2D eigenvalue weighted by Gasteiger charge is 2.45. The Morgan fingerprint density at radius 3 is 1.85 bits per heavy atom. The maximum atomic E-state index is 14.5. The number of benzene rings is 4. The third kappa shape index (κ3) is 16.1. The minimum Gasteiger partial charge on any atom is -0.508 e. The third-order valence-electron chi connectivity index (χ3n) is 14.8. The molecule has 11 N–H and O–H groups in total. The highest BCUT2D eigenvalue weighted by molar-refractivity contribution is 6.00. The van der Waals surface area contributed by atoms with Crippen LogP contribution >= 0.6 is 0 Å². The molecule has 79 heavy (non-hydrogen) atoms. The van der Waals surface area contributed by atoms with Crippen molar-refractivity contribution < 1.29 is 58.7 Å². The van der Waals surface area contributed by atoms with E-state index in [2.05, 4.69) is 33.5 Å². The lowest BCUT2D eigenvalue weighted by Crippen LogP contribution is -2.61. The monoisotopic (exact) mass is 1090 g/mol. The van der Waals surface area contributed by atoms with Gasteiger partial charge in [0.15, 0.2) is 0 Å². The molecule has 20 nitrogen and oxygen atoms in total. The van der Waals surface area contributed by atoms with Crippen LogP contribution in [0.15, 0.2) is 97.1 Å². The Hall–Kier alpha value is -7.39. The third-order valence-corrected chi connectivity index (χ3v) is 14.8. The number of ether oxygens (including phenoxy) is 1. The molecule has 424 valence electrons. The van der Waals surface area contributed by atoms with Crippen molar-refractivity contribution >= 4 is 41.4 Å². The van der Waals surface area contributed by atoms with Gasteiger partial charge in [-0.1, -0.05) is 80.4 Å². The van der Waals surface area contributed by atoms with Crippen LogP contribution in [-0.4, -0.2) is 159 Å². The largest absolute Gasteiger partial charge is 0.508 e. The molecule has 7 amide bonds. The van der Waals surface area contributed by atoms with Gasteiger partial charge in [-0.05, 0) is 129 Å². The van der Waals surface area contributed by atoms with E-state index < -0.39 is 95.9 Å². The molecule has 0 saturated carbocycles. The number of unbranched alkanes of at least 4 members (excludes halogenated alkanes) is 2. The van der Waals surface area contributed by atoms with E-state index in [4.69, 9.17) is 10.5 Å². The smallest absolute Gasteiger partial charge is 0.251 e. The summed E-state index contributed by atoms with van der Waals surface area (Å²) in [5, 5.41) is 56.3. The molecule has 3 aliphatic heterocycles. The van der Waals surface area contributed by atoms with Gasteiger partial charge in [0, 0.05) is 38.0 Å². The van der Waals surface area contributed by atoms with Gasteiger partial charge < -0.3 is 67.3 Å². The first kappa shape index (κ1) is 59.3. The molecule has 3 saturated heterocycles. The van der Waals surface area contributed by atoms with Crippen LogP contribution in [0.3, 0.4) is 0 Å². The van der Waals surface area contributed by atoms with Crippen molar-refractivity contribution in [3.8, 4) is 33.8 Å². The highest BCUT2D eigenvalue weighted by Crippen LogP contribution is 2.28. The summed E-state index contributed by atoms with van der Waals surface area (Å²) in [7, 11) is 0. The summed E-state index contributed by atoms with van der Waals surface area (Å²) in [6.07, 6.45) is 0.259. The molecule has 3 fully saturated rings. The van der Waals surface area contributed by atoms with Gasteiger partial charge in [-0.2, -0.15) is 0 Å². The number of aliphatic hydroxyl groups is 3. The lowest BCUT2D eigenvalue weighted by molar-refractivity contribution is -0.145. The molecule has 7 rings (SSSR count). The SMILES string of the molecule is CCCCCOc1ccc(-c2ccc(-c3ccc(C(=O)N[C@@H]4CCCCNC(=O)[C@@H]5C[C@@H](O)CN5C(=O)[C@H](CCCN)NC(=O)[C@H](CCc5ccc(O)cc5)NC(=O)[C@@H]5C[C@@H](O)CN5C(=O)[C@H]([C@@H](C)O)NC4=O)cc3)cc2)cc1. The van der Waals surface area contributed by atoms with Crippen LogP contribution in [0.25, 0.3) is 22.3 Å². The van der Waals surface area contributed by atoms with Gasteiger partial charge in [-0.15, -0.1) is 0 Å². The number of phenols is 1. The molecule has 0 unspecified atom stereocenters. The van der Waals surface area contributed by atoms with Crippen LogP contribution in [0.5, 0.6) is 11.5 Å². The Morgan fingerprint density at radius 2 is 1.25 bits per heavy atom. The van der Waals surface area contributed by atoms with Crippen LogP contribution in [0.2, 0.25) is 0 Å². The van der Waals surface area contributed by atoms with Gasteiger partial charge in [0.05, 0.1) is 24.9 Å². The van der Waals surface area contributed by atoms with Crippen LogP contribution in [0.1, 0.15) is 100 Å². The predicted octanol–water partition coefficient (Wildman–Crippen LogP) is 2.82. The zero-order valence-electron chi connectivity index (χ0n) is 45.0. The van der Waals surface area contributed by atoms with Crippen molar-refractivity contribution in [2.75, 3.05) is 32.8 Å². The van der Waals surface area contributed by atoms with Crippen molar-refractivity contribution in [3.05, 3.63) is 108 Å². The van der Waals surface area contributed by atoms with E-state index >= 15 is 0 Å². The quantitative estimate of drug-likeness (QED) is 0.0724. The van der Waals surface area contributed by atoms with E-state index in [1.165, 1.54) is 24.0 Å². The molecule has 3 heterocycles. The van der Waals surface area contributed by atoms with E-state index in [0.29, 0.717) is 25.0 Å². The van der Waals surface area contributed by atoms with Crippen molar-refractivity contribution in [3.63, 3.8) is 0 Å². The number of hydrogen-bond acceptors (Lipinski definition) is 13. The molecule has 9 atom stereocenters. The first-order valence-corrected chi connectivity index (χ1v) is 27.6. The Balaban J connectivity index is 1.11. The first-order valence-electron chi connectivity index (χ1n) is 27.6. The number of carbonyl (C=O) groups is 7. The zero-order valence-corrected chi connectivity index (χ0v) is 45.0. The Bertz CT molecular complexity index is 2710. The number of hydrogen-bond donors (Lipinski definition) is 10. The molecule has 4 aromatic rings. The van der Waals surface area contributed by atoms with E-state index in [1.54, 1.807) is 36.4 Å². The van der Waals surface area contributed by atoms with Crippen LogP contribution in [0, 0.1) is 0 Å². The number of rotatable bonds is 16. The van der Waals surface area contributed by atoms with Crippen LogP contribution < -0.4 is 37.1 Å². The molecular formula is C59H76N8O12. The van der Waals surface area contributed by atoms with E-state index in [-0.39, 0.29) is 82.4 Å². The second kappa shape index (κ2) is 28.5. The molecule has 3 aliphatic rings. The maximum absolute atomic E-state index is 14.5. The normalized spacial score (nSPS) is 24.2. The summed E-state index contributed by atoms with van der Waals surface area (Å²) in [6, 6.07) is 21.1. The summed E-state index contributed by atoms with van der Waals surface area (Å²) in [5.74, 6) is -4.29. The summed E-state index contributed by atoms with van der Waals surface area (Å²) in [6.45, 7) is 3.82. The first-order chi connectivity index (χ1) is 38.0. The number of aliphatic hydroxyl groups excluding tert-OH is 3. The second-order valence-electron chi connectivity index (χ2n) is 20.8. The average Bonchev–Trinajstić information content (AvgIpc) is 4.05. The number of aryl methyl sites for hydroxylation is 1. The van der Waals surface area contributed by atoms with E-state index in [0.717, 1.165) is 52.2 Å². The average molecular weight is 1090 g/mol. The number of nitrogens with two attached hydrogens (primary N) is 1. The fourth-order valence-electron chi connectivity index (χ4n) is 10.3. The fraction of sp³-hybridized carbons (Fsp3) is 0.475. The molecule has 0 radical (unpaired) electrons. The van der Waals surface area contributed by atoms with Crippen molar-refractivity contribution in [1.29, 1.82) is 0 Å². The molecule has 0 aromatic heterocycles. The Kier molecular flexibility index (Phi) is 21.4. The van der Waals surface area contributed by atoms with E-state index in [9.17, 15) is 54.0 Å². The minimum absolute atomic E-state index is 0.0154. The number of fused-ring (bicyclic) bond motifs is 2. The van der Waals surface area contributed by atoms with Crippen LogP contribution in [0.4, 0.5) is 0 Å². The van der Waals surface area contributed by atoms with Crippen molar-refractivity contribution in [1.82, 2.24) is 36.4 Å². The van der Waals surface area contributed by atoms with E-state index in [1.807, 2.05) is 48.5 Å². The number of amides is 7. The van der Waals surface area contributed by atoms with Gasteiger partial charge in [-0.25, -0.2) is 0 Å². The van der Waals surface area contributed by atoms with Crippen molar-refractivity contribution in [2.45, 2.75) is 145 Å². The molecule has 0 aliphatic carbocycles. The number of aromatic hydroxyl groups is 1. The van der Waals surface area contributed by atoms with Crippen LogP contribution in [-0.2, 0) is 35.2 Å². The molecular weight excluding hydrogens is 1010 g/mol. The highest BCUT2D eigenvalue weighted by atomic mass is 16.5. The minimum atomic E-state index is -1.66. The standard InChI is InChI=1S/C59H76N8O12/c1-3-4-7-31-79-46-26-22-41(23-27-46)39-16-14-38(15-17-39)40-18-20-42(21-19-40)53(72)62-47-9-5-6-30-61-56(75)50-32-44(70)34-66(50)58(77)49(10-8-29-60)64-54(73)48(28-13-37-11-24-43(69)25-12-37)63-57(76)51-33-45(71)35-67(51)59(78)52(36(2)68)65-55(47)74/h11-12,14-27,36,44-45,47-52,68-71H,3-10,13,28-35,60H2,1-2H3,(H,61,75)(H,62,72)(H,63,76)(H,64,73)(H,65,74)/t36-,44-,45-,47-,48+,49+,50+,51+,52+/m1/s1. The number of nitrogens with zero attached hydrogens (tertiary/aromatic N) is 2. The lowest BCUT2D eigenvalue weighted by atomic mass is 9.99. The van der Waals surface area contributed by atoms with Gasteiger partial charge in [0.2, 0.25) is 35.4 Å². The second-order valence-corrected chi connectivity index (χ2v) is 20.8. The van der Waals surface area contributed by atoms with Gasteiger partial charge in [-0.3, -0.25) is 33.6 Å².